The number of rotatable bonds is 8. The Labute approximate surface area is 151 Å². The Morgan fingerprint density at radius 1 is 0.885 bits per heavy atom. The van der Waals surface area contributed by atoms with Crippen molar-refractivity contribution in [1.82, 2.24) is 15.2 Å². The lowest BCUT2D eigenvalue weighted by atomic mass is 10.2. The van der Waals surface area contributed by atoms with Crippen LogP contribution in [0.1, 0.15) is 12.7 Å². The minimum absolute atomic E-state index is 0.285. The van der Waals surface area contributed by atoms with Gasteiger partial charge in [0.2, 0.25) is 0 Å². The summed E-state index contributed by atoms with van der Waals surface area (Å²) in [6, 6.07) is 13.0. The lowest BCUT2D eigenvalue weighted by Crippen LogP contribution is -1.98. The summed E-state index contributed by atoms with van der Waals surface area (Å²) in [4.78, 5) is 4.47. The fraction of sp³-hybridized carbons (Fsp3) is 0.263. The Morgan fingerprint density at radius 3 is 2.35 bits per heavy atom. The van der Waals surface area contributed by atoms with Crippen molar-refractivity contribution in [2.75, 3.05) is 20.8 Å². The first-order chi connectivity index (χ1) is 12.7. The molecule has 136 valence electrons. The Balaban J connectivity index is 1.69. The van der Waals surface area contributed by atoms with Crippen LogP contribution in [0.3, 0.4) is 0 Å². The smallest absolute Gasteiger partial charge is 0.181 e. The van der Waals surface area contributed by atoms with Crippen molar-refractivity contribution in [2.45, 2.75) is 13.5 Å². The summed E-state index contributed by atoms with van der Waals surface area (Å²) < 4.78 is 21.7. The lowest BCUT2D eigenvalue weighted by molar-refractivity contribution is 0.296. The highest BCUT2D eigenvalue weighted by molar-refractivity contribution is 5.60. The monoisotopic (exact) mass is 355 g/mol. The van der Waals surface area contributed by atoms with Gasteiger partial charge in [-0.2, -0.15) is 5.10 Å². The molecular weight excluding hydrogens is 334 g/mol. The molecule has 1 N–H and O–H groups in total. The number of hydrogen-bond donors (Lipinski definition) is 1. The second-order valence-electron chi connectivity index (χ2n) is 5.37. The zero-order chi connectivity index (χ0) is 18.4. The third-order valence-corrected chi connectivity index (χ3v) is 3.69. The molecule has 0 spiro atoms. The van der Waals surface area contributed by atoms with Gasteiger partial charge in [-0.15, -0.1) is 0 Å². The third kappa shape index (κ3) is 4.05. The molecule has 0 saturated heterocycles. The Hall–Kier alpha value is -3.22. The van der Waals surface area contributed by atoms with Crippen molar-refractivity contribution in [1.29, 1.82) is 0 Å². The largest absolute Gasteiger partial charge is 0.497 e. The first-order valence-corrected chi connectivity index (χ1v) is 8.22. The van der Waals surface area contributed by atoms with Crippen molar-refractivity contribution in [3.63, 3.8) is 0 Å². The fourth-order valence-electron chi connectivity index (χ4n) is 2.39. The van der Waals surface area contributed by atoms with Crippen molar-refractivity contribution < 1.29 is 18.9 Å². The van der Waals surface area contributed by atoms with Crippen LogP contribution in [0.5, 0.6) is 23.0 Å². The van der Waals surface area contributed by atoms with Gasteiger partial charge in [0.05, 0.1) is 20.8 Å². The second kappa shape index (κ2) is 8.24. The molecule has 0 atom stereocenters. The van der Waals surface area contributed by atoms with E-state index in [1.807, 2.05) is 49.4 Å². The predicted octanol–water partition coefficient (Wildman–Crippen LogP) is 3.47. The standard InChI is InChI=1S/C19H21N3O4/c1-4-25-16-10-5-13(11-17(16)24-3)19-20-18(21-22-19)12-26-15-8-6-14(23-2)7-9-15/h5-11H,4,12H2,1-3H3,(H,20,21,22). The van der Waals surface area contributed by atoms with Crippen LogP contribution in [0.25, 0.3) is 11.4 Å². The normalized spacial score (nSPS) is 10.4. The van der Waals surface area contributed by atoms with E-state index in [2.05, 4.69) is 15.2 Å². The molecule has 1 heterocycles. The number of H-pyrrole nitrogens is 1. The van der Waals surface area contributed by atoms with Crippen molar-refractivity contribution in [3.8, 4) is 34.4 Å². The number of aromatic nitrogens is 3. The van der Waals surface area contributed by atoms with E-state index in [0.717, 1.165) is 17.1 Å². The number of nitrogens with one attached hydrogen (secondary N) is 1. The van der Waals surface area contributed by atoms with E-state index in [4.69, 9.17) is 18.9 Å². The highest BCUT2D eigenvalue weighted by Gasteiger charge is 2.11. The van der Waals surface area contributed by atoms with Gasteiger partial charge in [0.1, 0.15) is 18.1 Å². The SMILES string of the molecule is CCOc1ccc(-c2n[nH]c(COc3ccc(OC)cc3)n2)cc1OC. The maximum Gasteiger partial charge on any atom is 0.181 e. The zero-order valence-electron chi connectivity index (χ0n) is 15.0. The first-order valence-electron chi connectivity index (χ1n) is 8.22. The van der Waals surface area contributed by atoms with E-state index in [9.17, 15) is 0 Å². The summed E-state index contributed by atoms with van der Waals surface area (Å²) in [5, 5.41) is 7.14. The zero-order valence-corrected chi connectivity index (χ0v) is 15.0. The molecule has 0 aliphatic heterocycles. The third-order valence-electron chi connectivity index (χ3n) is 3.69. The maximum absolute atomic E-state index is 5.70. The summed E-state index contributed by atoms with van der Waals surface area (Å²) in [5.74, 6) is 4.04. The molecule has 0 amide bonds. The minimum atomic E-state index is 0.285. The molecule has 0 fully saturated rings. The minimum Gasteiger partial charge on any atom is -0.497 e. The van der Waals surface area contributed by atoms with Gasteiger partial charge in [-0.1, -0.05) is 0 Å². The van der Waals surface area contributed by atoms with Gasteiger partial charge in [-0.05, 0) is 49.4 Å². The van der Waals surface area contributed by atoms with E-state index >= 15 is 0 Å². The summed E-state index contributed by atoms with van der Waals surface area (Å²) in [6.07, 6.45) is 0. The molecule has 7 nitrogen and oxygen atoms in total. The van der Waals surface area contributed by atoms with Crippen molar-refractivity contribution in [2.24, 2.45) is 0 Å². The number of benzene rings is 2. The molecule has 2 aromatic carbocycles. The average molecular weight is 355 g/mol. The van der Waals surface area contributed by atoms with Crippen LogP contribution in [0.15, 0.2) is 42.5 Å². The number of hydrogen-bond acceptors (Lipinski definition) is 6. The molecule has 3 aromatic rings. The van der Waals surface area contributed by atoms with Crippen molar-refractivity contribution >= 4 is 0 Å². The molecule has 0 unspecified atom stereocenters. The van der Waals surface area contributed by atoms with Crippen LogP contribution in [-0.4, -0.2) is 36.0 Å². The van der Waals surface area contributed by atoms with Gasteiger partial charge >= 0.3 is 0 Å². The van der Waals surface area contributed by atoms with Gasteiger partial charge < -0.3 is 18.9 Å². The molecule has 7 heteroatoms. The topological polar surface area (TPSA) is 78.5 Å². The summed E-state index contributed by atoms with van der Waals surface area (Å²) in [5.41, 5.74) is 0.831. The maximum atomic E-state index is 5.70. The van der Waals surface area contributed by atoms with E-state index in [-0.39, 0.29) is 6.61 Å². The average Bonchev–Trinajstić information content (AvgIpc) is 3.16. The van der Waals surface area contributed by atoms with Crippen LogP contribution in [0, 0.1) is 0 Å². The fourth-order valence-corrected chi connectivity index (χ4v) is 2.39. The highest BCUT2D eigenvalue weighted by atomic mass is 16.5. The summed E-state index contributed by atoms with van der Waals surface area (Å²) >= 11 is 0. The van der Waals surface area contributed by atoms with Gasteiger partial charge in [-0.25, -0.2) is 4.98 Å². The molecule has 0 radical (unpaired) electrons. The number of methoxy groups -OCH3 is 2. The molecule has 3 rings (SSSR count). The molecule has 0 aliphatic carbocycles. The Morgan fingerprint density at radius 2 is 1.65 bits per heavy atom. The Kier molecular flexibility index (Phi) is 5.58. The van der Waals surface area contributed by atoms with Crippen LogP contribution in [-0.2, 0) is 6.61 Å². The molecule has 26 heavy (non-hydrogen) atoms. The molecule has 0 saturated carbocycles. The molecular formula is C19H21N3O4. The van der Waals surface area contributed by atoms with Crippen LogP contribution in [0.4, 0.5) is 0 Å². The van der Waals surface area contributed by atoms with Crippen LogP contribution in [0.2, 0.25) is 0 Å². The number of nitrogens with zero attached hydrogens (tertiary/aromatic N) is 2. The Bertz CT molecular complexity index is 846. The van der Waals surface area contributed by atoms with Gasteiger partial charge in [0, 0.05) is 5.56 Å². The molecule has 0 aliphatic rings. The number of ether oxygens (including phenoxy) is 4. The molecule has 1 aromatic heterocycles. The van der Waals surface area contributed by atoms with Gasteiger partial charge in [0.25, 0.3) is 0 Å². The number of aromatic amines is 1. The van der Waals surface area contributed by atoms with Gasteiger partial charge in [-0.3, -0.25) is 5.10 Å². The van der Waals surface area contributed by atoms with E-state index in [1.54, 1.807) is 14.2 Å². The quantitative estimate of drug-likeness (QED) is 0.667. The van der Waals surface area contributed by atoms with E-state index in [0.29, 0.717) is 29.8 Å². The van der Waals surface area contributed by atoms with Gasteiger partial charge in [0.15, 0.2) is 23.1 Å². The van der Waals surface area contributed by atoms with Crippen LogP contribution < -0.4 is 18.9 Å². The predicted molar refractivity (Wildman–Crippen MR) is 96.9 cm³/mol. The highest BCUT2D eigenvalue weighted by Crippen LogP contribution is 2.31. The van der Waals surface area contributed by atoms with E-state index < -0.39 is 0 Å². The van der Waals surface area contributed by atoms with Crippen LogP contribution >= 0.6 is 0 Å². The first kappa shape index (κ1) is 17.6. The molecule has 0 bridgehead atoms. The second-order valence-corrected chi connectivity index (χ2v) is 5.37. The summed E-state index contributed by atoms with van der Waals surface area (Å²) in [7, 11) is 3.23. The summed E-state index contributed by atoms with van der Waals surface area (Å²) in [6.45, 7) is 2.79. The van der Waals surface area contributed by atoms with E-state index in [1.165, 1.54) is 0 Å². The van der Waals surface area contributed by atoms with Crippen molar-refractivity contribution in [3.05, 3.63) is 48.3 Å². The lowest BCUT2D eigenvalue weighted by Gasteiger charge is -2.09.